The van der Waals surface area contributed by atoms with Gasteiger partial charge in [0.1, 0.15) is 5.25 Å². The number of halogens is 1. The minimum absolute atomic E-state index is 0.170. The highest BCUT2D eigenvalue weighted by molar-refractivity contribution is 8.00. The van der Waals surface area contributed by atoms with E-state index in [0.29, 0.717) is 21.4 Å². The number of rotatable bonds is 8. The first kappa shape index (κ1) is 27.7. The zero-order valence-corrected chi connectivity index (χ0v) is 24.5. The van der Waals surface area contributed by atoms with E-state index in [1.807, 2.05) is 127 Å². The molecule has 2 amide bonds. The number of carbonyl (C=O) groups excluding carboxylic acids is 2. The number of fused-ring (bicyclic) bond motifs is 1. The standard InChI is InChI=1S/C34H24ClN3O2S2/c35-27-14-12-23(13-15-27)30-21-41-34(37-30)38-33(40)31(24-7-2-1-3-8-24)42-29-18-16-28(17-19-29)36-32(39)26-11-10-22-6-4-5-9-25(22)20-26/h1-21,31H,(H,36,39)(H,37,38,40). The first-order valence-corrected chi connectivity index (χ1v) is 15.3. The van der Waals surface area contributed by atoms with Gasteiger partial charge in [0.15, 0.2) is 5.13 Å². The van der Waals surface area contributed by atoms with Crippen LogP contribution in [0, 0.1) is 0 Å². The third-order valence-electron chi connectivity index (χ3n) is 6.59. The van der Waals surface area contributed by atoms with Gasteiger partial charge in [0.2, 0.25) is 5.91 Å². The lowest BCUT2D eigenvalue weighted by molar-refractivity contribution is -0.115. The minimum Gasteiger partial charge on any atom is -0.322 e. The molecule has 0 saturated heterocycles. The van der Waals surface area contributed by atoms with Crippen LogP contribution in [0.25, 0.3) is 22.0 Å². The van der Waals surface area contributed by atoms with Crippen molar-refractivity contribution in [3.63, 3.8) is 0 Å². The zero-order chi connectivity index (χ0) is 28.9. The molecule has 1 unspecified atom stereocenters. The molecular formula is C34H24ClN3O2S2. The van der Waals surface area contributed by atoms with Crippen LogP contribution in [0.15, 0.2) is 132 Å². The number of hydrogen-bond donors (Lipinski definition) is 2. The van der Waals surface area contributed by atoms with E-state index in [4.69, 9.17) is 11.6 Å². The molecule has 6 rings (SSSR count). The average molecular weight is 606 g/mol. The minimum atomic E-state index is -0.507. The summed E-state index contributed by atoms with van der Waals surface area (Å²) in [5.41, 5.74) is 3.85. The molecule has 0 saturated carbocycles. The molecule has 0 aliphatic heterocycles. The molecule has 6 aromatic rings. The van der Waals surface area contributed by atoms with Crippen LogP contribution in [-0.4, -0.2) is 16.8 Å². The third kappa shape index (κ3) is 6.55. The number of anilines is 2. The van der Waals surface area contributed by atoms with Gasteiger partial charge in [-0.15, -0.1) is 23.1 Å². The maximum Gasteiger partial charge on any atom is 0.255 e. The number of aromatic nitrogens is 1. The highest BCUT2D eigenvalue weighted by atomic mass is 35.5. The van der Waals surface area contributed by atoms with Crippen LogP contribution in [0.4, 0.5) is 10.8 Å². The summed E-state index contributed by atoms with van der Waals surface area (Å²) >= 11 is 8.82. The van der Waals surface area contributed by atoms with Crippen molar-refractivity contribution in [2.75, 3.05) is 10.6 Å². The SMILES string of the molecule is O=C(Nc1ccc(SC(C(=O)Nc2nc(-c3ccc(Cl)cc3)cs2)c2ccccc2)cc1)c1ccc2ccccc2c1. The van der Waals surface area contributed by atoms with Crippen molar-refractivity contribution in [3.05, 3.63) is 143 Å². The summed E-state index contributed by atoms with van der Waals surface area (Å²) < 4.78 is 0. The van der Waals surface area contributed by atoms with Crippen LogP contribution in [0.5, 0.6) is 0 Å². The van der Waals surface area contributed by atoms with Crippen LogP contribution in [0.1, 0.15) is 21.2 Å². The number of nitrogens with one attached hydrogen (secondary N) is 2. The first-order valence-electron chi connectivity index (χ1n) is 13.2. The molecular weight excluding hydrogens is 582 g/mol. The molecule has 0 aliphatic rings. The van der Waals surface area contributed by atoms with Gasteiger partial charge in [-0.05, 0) is 64.9 Å². The van der Waals surface area contributed by atoms with Crippen molar-refractivity contribution in [2.24, 2.45) is 0 Å². The monoisotopic (exact) mass is 605 g/mol. The van der Waals surface area contributed by atoms with E-state index < -0.39 is 5.25 Å². The molecule has 0 aliphatic carbocycles. The van der Waals surface area contributed by atoms with Crippen molar-refractivity contribution in [3.8, 4) is 11.3 Å². The average Bonchev–Trinajstić information content (AvgIpc) is 3.49. The second kappa shape index (κ2) is 12.6. The van der Waals surface area contributed by atoms with Gasteiger partial charge in [0.05, 0.1) is 5.69 Å². The predicted octanol–water partition coefficient (Wildman–Crippen LogP) is 9.34. The number of thioether (sulfide) groups is 1. The first-order chi connectivity index (χ1) is 20.5. The number of hydrogen-bond acceptors (Lipinski definition) is 5. The van der Waals surface area contributed by atoms with E-state index in [0.717, 1.165) is 32.5 Å². The fourth-order valence-electron chi connectivity index (χ4n) is 4.44. The maximum atomic E-state index is 13.5. The van der Waals surface area contributed by atoms with Gasteiger partial charge in [-0.25, -0.2) is 4.98 Å². The van der Waals surface area contributed by atoms with E-state index in [1.165, 1.54) is 23.1 Å². The summed E-state index contributed by atoms with van der Waals surface area (Å²) in [5, 5.41) is 10.7. The summed E-state index contributed by atoms with van der Waals surface area (Å²) in [6.45, 7) is 0. The molecule has 0 fully saturated rings. The Morgan fingerprint density at radius 1 is 0.762 bits per heavy atom. The van der Waals surface area contributed by atoms with Crippen molar-refractivity contribution in [1.29, 1.82) is 0 Å². The normalized spacial score (nSPS) is 11.6. The number of benzene rings is 5. The van der Waals surface area contributed by atoms with Crippen LogP contribution in [0.3, 0.4) is 0 Å². The van der Waals surface area contributed by atoms with Gasteiger partial charge < -0.3 is 10.6 Å². The molecule has 1 aromatic heterocycles. The van der Waals surface area contributed by atoms with Crippen molar-refractivity contribution in [1.82, 2.24) is 4.98 Å². The van der Waals surface area contributed by atoms with Gasteiger partial charge in [-0.1, -0.05) is 84.4 Å². The lowest BCUT2D eigenvalue weighted by Gasteiger charge is -2.16. The van der Waals surface area contributed by atoms with Crippen LogP contribution >= 0.6 is 34.7 Å². The molecule has 5 nitrogen and oxygen atoms in total. The van der Waals surface area contributed by atoms with Gasteiger partial charge in [0.25, 0.3) is 5.91 Å². The molecule has 1 heterocycles. The van der Waals surface area contributed by atoms with Gasteiger partial charge in [-0.3, -0.25) is 9.59 Å². The smallest absolute Gasteiger partial charge is 0.255 e. The molecule has 0 radical (unpaired) electrons. The van der Waals surface area contributed by atoms with Crippen molar-refractivity contribution in [2.45, 2.75) is 10.1 Å². The molecule has 0 spiro atoms. The van der Waals surface area contributed by atoms with E-state index in [1.54, 1.807) is 0 Å². The fraction of sp³-hybridized carbons (Fsp3) is 0.0294. The Morgan fingerprint density at radius 3 is 2.24 bits per heavy atom. The second-order valence-corrected chi connectivity index (χ2v) is 12.0. The highest BCUT2D eigenvalue weighted by Gasteiger charge is 2.23. The Kier molecular flexibility index (Phi) is 8.33. The predicted molar refractivity (Wildman–Crippen MR) is 175 cm³/mol. The summed E-state index contributed by atoms with van der Waals surface area (Å²) in [6.07, 6.45) is 0. The Labute approximate surface area is 256 Å². The van der Waals surface area contributed by atoms with E-state index >= 15 is 0 Å². The van der Waals surface area contributed by atoms with E-state index in [9.17, 15) is 9.59 Å². The highest BCUT2D eigenvalue weighted by Crippen LogP contribution is 2.37. The Hall–Kier alpha value is -4.43. The summed E-state index contributed by atoms with van der Waals surface area (Å²) in [7, 11) is 0. The Morgan fingerprint density at radius 2 is 1.48 bits per heavy atom. The molecule has 206 valence electrons. The quantitative estimate of drug-likeness (QED) is 0.170. The van der Waals surface area contributed by atoms with Crippen molar-refractivity contribution >= 4 is 68.1 Å². The largest absolute Gasteiger partial charge is 0.322 e. The summed E-state index contributed by atoms with van der Waals surface area (Å²) in [5.74, 6) is -0.346. The van der Waals surface area contributed by atoms with E-state index in [2.05, 4.69) is 15.6 Å². The maximum absolute atomic E-state index is 13.5. The molecule has 5 aromatic carbocycles. The zero-order valence-electron chi connectivity index (χ0n) is 22.2. The van der Waals surface area contributed by atoms with Gasteiger partial charge >= 0.3 is 0 Å². The number of nitrogens with zero attached hydrogens (tertiary/aromatic N) is 1. The Balaban J connectivity index is 1.15. The van der Waals surface area contributed by atoms with Crippen LogP contribution in [0.2, 0.25) is 5.02 Å². The molecule has 0 bridgehead atoms. The molecule has 42 heavy (non-hydrogen) atoms. The fourth-order valence-corrected chi connectivity index (χ4v) is 6.32. The third-order valence-corrected chi connectivity index (χ3v) is 8.87. The molecule has 1 atom stereocenters. The summed E-state index contributed by atoms with van der Waals surface area (Å²) in [6, 6.07) is 38.2. The molecule has 2 N–H and O–H groups in total. The van der Waals surface area contributed by atoms with Crippen molar-refractivity contribution < 1.29 is 9.59 Å². The number of amides is 2. The molecule has 8 heteroatoms. The van der Waals surface area contributed by atoms with Crippen LogP contribution < -0.4 is 10.6 Å². The summed E-state index contributed by atoms with van der Waals surface area (Å²) in [4.78, 5) is 31.9. The van der Waals surface area contributed by atoms with Crippen LogP contribution in [-0.2, 0) is 4.79 Å². The number of thiazole rings is 1. The van der Waals surface area contributed by atoms with E-state index in [-0.39, 0.29) is 11.8 Å². The second-order valence-electron chi connectivity index (χ2n) is 9.48. The van der Waals surface area contributed by atoms with Gasteiger partial charge in [-0.2, -0.15) is 0 Å². The van der Waals surface area contributed by atoms with Gasteiger partial charge in [0, 0.05) is 32.1 Å². The lowest BCUT2D eigenvalue weighted by atomic mass is 10.1. The number of carbonyl (C=O) groups is 2. The Bertz CT molecular complexity index is 1860. The lowest BCUT2D eigenvalue weighted by Crippen LogP contribution is -2.19. The topological polar surface area (TPSA) is 71.1 Å².